The lowest BCUT2D eigenvalue weighted by molar-refractivity contribution is 0.426. The second-order valence-electron chi connectivity index (χ2n) is 4.10. The van der Waals surface area contributed by atoms with Gasteiger partial charge in [0.25, 0.3) is 0 Å². The summed E-state index contributed by atoms with van der Waals surface area (Å²) in [5.74, 6) is 0. The van der Waals surface area contributed by atoms with Crippen molar-refractivity contribution in [2.45, 2.75) is 46.2 Å². The van der Waals surface area contributed by atoms with E-state index in [1.807, 2.05) is 13.4 Å². The molecular formula is C11H21N3. The van der Waals surface area contributed by atoms with E-state index in [9.17, 15) is 0 Å². The maximum absolute atomic E-state index is 4.31. The highest BCUT2D eigenvalue weighted by Crippen LogP contribution is 2.17. The van der Waals surface area contributed by atoms with Gasteiger partial charge in [-0.15, -0.1) is 0 Å². The molecule has 0 aliphatic heterocycles. The van der Waals surface area contributed by atoms with Gasteiger partial charge in [0, 0.05) is 17.8 Å². The van der Waals surface area contributed by atoms with Gasteiger partial charge >= 0.3 is 0 Å². The highest BCUT2D eigenvalue weighted by Gasteiger charge is 2.11. The van der Waals surface area contributed by atoms with Crippen molar-refractivity contribution in [3.8, 4) is 0 Å². The molecule has 3 heteroatoms. The third-order valence-electron chi connectivity index (χ3n) is 2.95. The van der Waals surface area contributed by atoms with Crippen LogP contribution in [-0.2, 0) is 0 Å². The topological polar surface area (TPSA) is 29.9 Å². The number of rotatable bonds is 4. The summed E-state index contributed by atoms with van der Waals surface area (Å²) in [5.41, 5.74) is 2.41. The van der Waals surface area contributed by atoms with Crippen molar-refractivity contribution < 1.29 is 0 Å². The molecule has 0 saturated carbocycles. The van der Waals surface area contributed by atoms with Gasteiger partial charge in [0.05, 0.1) is 12.0 Å². The molecule has 1 aromatic heterocycles. The first-order valence-corrected chi connectivity index (χ1v) is 5.23. The van der Waals surface area contributed by atoms with Gasteiger partial charge in [-0.05, 0) is 41.2 Å². The molecule has 2 atom stereocenters. The maximum Gasteiger partial charge on any atom is 0.0953 e. The first-order valence-electron chi connectivity index (χ1n) is 5.23. The van der Waals surface area contributed by atoms with Crippen LogP contribution >= 0.6 is 0 Å². The Bertz CT molecular complexity index is 291. The van der Waals surface area contributed by atoms with Gasteiger partial charge in [-0.2, -0.15) is 0 Å². The van der Waals surface area contributed by atoms with Gasteiger partial charge in [-0.25, -0.2) is 4.98 Å². The van der Waals surface area contributed by atoms with Crippen LogP contribution in [0.15, 0.2) is 6.33 Å². The van der Waals surface area contributed by atoms with Crippen molar-refractivity contribution >= 4 is 0 Å². The molecule has 80 valence electrons. The molecule has 2 unspecified atom stereocenters. The summed E-state index contributed by atoms with van der Waals surface area (Å²) in [6.45, 7) is 8.63. The summed E-state index contributed by atoms with van der Waals surface area (Å²) in [6, 6.07) is 1.06. The zero-order chi connectivity index (χ0) is 10.7. The van der Waals surface area contributed by atoms with Crippen LogP contribution in [0.25, 0.3) is 0 Å². The number of hydrogen-bond donors (Lipinski definition) is 1. The lowest BCUT2D eigenvalue weighted by Gasteiger charge is -2.19. The molecule has 0 bridgehead atoms. The normalized spacial score (nSPS) is 15.5. The molecule has 1 heterocycles. The SMILES string of the molecule is CNC(C)CC(C)n1cnc(C)c1C. The smallest absolute Gasteiger partial charge is 0.0953 e. The predicted molar refractivity (Wildman–Crippen MR) is 59.6 cm³/mol. The molecule has 0 aliphatic rings. The Kier molecular flexibility index (Phi) is 3.69. The van der Waals surface area contributed by atoms with E-state index in [0.29, 0.717) is 12.1 Å². The number of hydrogen-bond acceptors (Lipinski definition) is 2. The van der Waals surface area contributed by atoms with Crippen LogP contribution in [0.4, 0.5) is 0 Å². The Labute approximate surface area is 86.5 Å². The molecule has 0 fully saturated rings. The monoisotopic (exact) mass is 195 g/mol. The van der Waals surface area contributed by atoms with E-state index >= 15 is 0 Å². The Balaban J connectivity index is 2.69. The predicted octanol–water partition coefficient (Wildman–Crippen LogP) is 2.06. The number of nitrogens with zero attached hydrogens (tertiary/aromatic N) is 2. The van der Waals surface area contributed by atoms with Gasteiger partial charge in [0.1, 0.15) is 0 Å². The van der Waals surface area contributed by atoms with Crippen LogP contribution in [-0.4, -0.2) is 22.6 Å². The Morgan fingerprint density at radius 1 is 1.43 bits per heavy atom. The van der Waals surface area contributed by atoms with Crippen LogP contribution < -0.4 is 5.32 Å². The van der Waals surface area contributed by atoms with Crippen molar-refractivity contribution in [3.63, 3.8) is 0 Å². The lowest BCUT2D eigenvalue weighted by atomic mass is 10.1. The second-order valence-corrected chi connectivity index (χ2v) is 4.10. The van der Waals surface area contributed by atoms with Gasteiger partial charge < -0.3 is 9.88 Å². The Morgan fingerprint density at radius 2 is 2.07 bits per heavy atom. The number of nitrogens with one attached hydrogen (secondary N) is 1. The fraction of sp³-hybridized carbons (Fsp3) is 0.727. The first kappa shape index (κ1) is 11.2. The largest absolute Gasteiger partial charge is 0.332 e. The summed E-state index contributed by atoms with van der Waals surface area (Å²) in [4.78, 5) is 4.31. The van der Waals surface area contributed by atoms with Crippen molar-refractivity contribution in [2.75, 3.05) is 7.05 Å². The minimum Gasteiger partial charge on any atom is -0.332 e. The van der Waals surface area contributed by atoms with Crippen LogP contribution in [0.1, 0.15) is 37.7 Å². The molecule has 1 rings (SSSR count). The first-order chi connectivity index (χ1) is 6.56. The zero-order valence-corrected chi connectivity index (χ0v) is 9.83. The second kappa shape index (κ2) is 4.60. The fourth-order valence-corrected chi connectivity index (χ4v) is 1.70. The van der Waals surface area contributed by atoms with Crippen LogP contribution in [0.2, 0.25) is 0 Å². The van der Waals surface area contributed by atoms with Crippen LogP contribution in [0.3, 0.4) is 0 Å². The van der Waals surface area contributed by atoms with Crippen LogP contribution in [0.5, 0.6) is 0 Å². The van der Waals surface area contributed by atoms with E-state index in [-0.39, 0.29) is 0 Å². The summed E-state index contributed by atoms with van der Waals surface area (Å²) in [7, 11) is 2.00. The summed E-state index contributed by atoms with van der Waals surface area (Å²) in [5, 5.41) is 3.26. The molecule has 14 heavy (non-hydrogen) atoms. The van der Waals surface area contributed by atoms with E-state index in [2.05, 4.69) is 42.6 Å². The average molecular weight is 195 g/mol. The molecule has 0 radical (unpaired) electrons. The molecule has 1 N–H and O–H groups in total. The summed E-state index contributed by atoms with van der Waals surface area (Å²) >= 11 is 0. The fourth-order valence-electron chi connectivity index (χ4n) is 1.70. The highest BCUT2D eigenvalue weighted by molar-refractivity contribution is 5.09. The van der Waals surface area contributed by atoms with Gasteiger partial charge in [-0.3, -0.25) is 0 Å². The van der Waals surface area contributed by atoms with E-state index in [1.165, 1.54) is 5.69 Å². The molecule has 0 spiro atoms. The van der Waals surface area contributed by atoms with Crippen LogP contribution in [0, 0.1) is 13.8 Å². The number of aryl methyl sites for hydroxylation is 1. The quantitative estimate of drug-likeness (QED) is 0.797. The standard InChI is InChI=1S/C11H21N3/c1-8(12-5)6-9(2)14-7-13-10(3)11(14)4/h7-9,12H,6H2,1-5H3. The molecular weight excluding hydrogens is 174 g/mol. The molecule has 0 aliphatic carbocycles. The number of imidazole rings is 1. The third kappa shape index (κ3) is 2.35. The molecule has 0 aromatic carbocycles. The Morgan fingerprint density at radius 3 is 2.50 bits per heavy atom. The molecule has 0 saturated heterocycles. The molecule has 0 amide bonds. The summed E-state index contributed by atoms with van der Waals surface area (Å²) in [6.07, 6.45) is 3.07. The van der Waals surface area contributed by atoms with Crippen molar-refractivity contribution in [1.29, 1.82) is 0 Å². The van der Waals surface area contributed by atoms with Gasteiger partial charge in [-0.1, -0.05) is 0 Å². The maximum atomic E-state index is 4.31. The highest BCUT2D eigenvalue weighted by atomic mass is 15.1. The van der Waals surface area contributed by atoms with E-state index in [1.54, 1.807) is 0 Å². The minimum atomic E-state index is 0.513. The molecule has 1 aromatic rings. The number of aromatic nitrogens is 2. The third-order valence-corrected chi connectivity index (χ3v) is 2.95. The average Bonchev–Trinajstić information content (AvgIpc) is 2.47. The van der Waals surface area contributed by atoms with E-state index < -0.39 is 0 Å². The van der Waals surface area contributed by atoms with E-state index in [0.717, 1.165) is 12.1 Å². The van der Waals surface area contributed by atoms with Gasteiger partial charge in [0.15, 0.2) is 0 Å². The Hall–Kier alpha value is -0.830. The van der Waals surface area contributed by atoms with Gasteiger partial charge in [0.2, 0.25) is 0 Å². The minimum absolute atomic E-state index is 0.513. The lowest BCUT2D eigenvalue weighted by Crippen LogP contribution is -2.24. The van der Waals surface area contributed by atoms with Crippen molar-refractivity contribution in [3.05, 3.63) is 17.7 Å². The van der Waals surface area contributed by atoms with Crippen molar-refractivity contribution in [2.24, 2.45) is 0 Å². The molecule has 3 nitrogen and oxygen atoms in total. The zero-order valence-electron chi connectivity index (χ0n) is 9.83. The summed E-state index contributed by atoms with van der Waals surface area (Å²) < 4.78 is 2.25. The van der Waals surface area contributed by atoms with Crippen molar-refractivity contribution in [1.82, 2.24) is 14.9 Å². The van der Waals surface area contributed by atoms with E-state index in [4.69, 9.17) is 0 Å².